The van der Waals surface area contributed by atoms with Gasteiger partial charge in [-0.3, -0.25) is 0 Å². The molecule has 2 aromatic heterocycles. The molecule has 0 amide bonds. The molecule has 0 saturated heterocycles. The van der Waals surface area contributed by atoms with E-state index >= 15 is 0 Å². The van der Waals surface area contributed by atoms with Crippen LogP contribution in [0.25, 0.3) is 11.5 Å². The molecule has 0 atom stereocenters. The standard InChI is InChI=1S/C14H8Cl2F2N4/c15-12-5-11(14-19-6-10(18)13(16)20-14)21-22(12)7-8-3-1-2-4-9(8)17/h1-6H,7H2. The normalized spacial score (nSPS) is 10.9. The van der Waals surface area contributed by atoms with E-state index in [2.05, 4.69) is 15.1 Å². The van der Waals surface area contributed by atoms with Gasteiger partial charge in [0.2, 0.25) is 0 Å². The van der Waals surface area contributed by atoms with Crippen LogP contribution in [0.2, 0.25) is 10.3 Å². The van der Waals surface area contributed by atoms with Gasteiger partial charge in [0.1, 0.15) is 16.7 Å². The Kier molecular flexibility index (Phi) is 4.04. The average Bonchev–Trinajstić information content (AvgIpc) is 2.85. The summed E-state index contributed by atoms with van der Waals surface area (Å²) in [6.45, 7) is 0.153. The summed E-state index contributed by atoms with van der Waals surface area (Å²) in [5, 5.41) is 4.18. The Hall–Kier alpha value is -2.05. The summed E-state index contributed by atoms with van der Waals surface area (Å²) in [6.07, 6.45) is 0.953. The Morgan fingerprint density at radius 1 is 1.09 bits per heavy atom. The van der Waals surface area contributed by atoms with Gasteiger partial charge in [-0.2, -0.15) is 5.10 Å². The predicted molar refractivity (Wildman–Crippen MR) is 78.7 cm³/mol. The van der Waals surface area contributed by atoms with Crippen molar-refractivity contribution in [3.8, 4) is 11.5 Å². The lowest BCUT2D eigenvalue weighted by atomic mass is 10.2. The first-order valence-electron chi connectivity index (χ1n) is 6.20. The van der Waals surface area contributed by atoms with E-state index in [4.69, 9.17) is 23.2 Å². The zero-order chi connectivity index (χ0) is 15.7. The largest absolute Gasteiger partial charge is 0.249 e. The quantitative estimate of drug-likeness (QED) is 0.677. The van der Waals surface area contributed by atoms with Crippen LogP contribution >= 0.6 is 23.2 Å². The molecule has 0 radical (unpaired) electrons. The summed E-state index contributed by atoms with van der Waals surface area (Å²) in [4.78, 5) is 7.60. The summed E-state index contributed by atoms with van der Waals surface area (Å²) in [5.74, 6) is -0.931. The van der Waals surface area contributed by atoms with Gasteiger partial charge in [-0.05, 0) is 6.07 Å². The Morgan fingerprint density at radius 2 is 1.86 bits per heavy atom. The number of rotatable bonds is 3. The molecule has 3 rings (SSSR count). The summed E-state index contributed by atoms with van der Waals surface area (Å²) in [7, 11) is 0. The molecule has 1 aromatic carbocycles. The van der Waals surface area contributed by atoms with Gasteiger partial charge < -0.3 is 0 Å². The molecule has 3 aromatic rings. The number of halogens is 4. The van der Waals surface area contributed by atoms with Crippen molar-refractivity contribution in [2.45, 2.75) is 6.54 Å². The third kappa shape index (κ3) is 2.93. The van der Waals surface area contributed by atoms with Crippen LogP contribution in [-0.2, 0) is 6.54 Å². The van der Waals surface area contributed by atoms with Gasteiger partial charge >= 0.3 is 0 Å². The zero-order valence-corrected chi connectivity index (χ0v) is 12.5. The third-order valence-corrected chi connectivity index (χ3v) is 3.51. The molecule has 22 heavy (non-hydrogen) atoms. The fraction of sp³-hybridized carbons (Fsp3) is 0.0714. The molecule has 0 bridgehead atoms. The Balaban J connectivity index is 1.94. The van der Waals surface area contributed by atoms with Crippen molar-refractivity contribution < 1.29 is 8.78 Å². The molecule has 112 valence electrons. The molecular weight excluding hydrogens is 333 g/mol. The van der Waals surface area contributed by atoms with E-state index in [1.54, 1.807) is 18.2 Å². The minimum Gasteiger partial charge on any atom is -0.249 e. The molecule has 2 heterocycles. The van der Waals surface area contributed by atoms with E-state index in [1.165, 1.54) is 16.8 Å². The van der Waals surface area contributed by atoms with Gasteiger partial charge in [-0.15, -0.1) is 0 Å². The van der Waals surface area contributed by atoms with Crippen LogP contribution in [0.15, 0.2) is 36.5 Å². The number of hydrogen-bond acceptors (Lipinski definition) is 3. The third-order valence-electron chi connectivity index (χ3n) is 2.94. The molecule has 0 unspecified atom stereocenters. The fourth-order valence-corrected chi connectivity index (χ4v) is 2.20. The Morgan fingerprint density at radius 3 is 2.59 bits per heavy atom. The SMILES string of the molecule is Fc1ccccc1Cn1nc(-c2ncc(F)c(Cl)n2)cc1Cl. The molecule has 0 aliphatic rings. The van der Waals surface area contributed by atoms with Crippen molar-refractivity contribution in [2.75, 3.05) is 0 Å². The molecule has 0 saturated carbocycles. The minimum atomic E-state index is -0.720. The van der Waals surface area contributed by atoms with Crippen LogP contribution in [0, 0.1) is 11.6 Å². The van der Waals surface area contributed by atoms with Gasteiger partial charge in [0.05, 0.1) is 12.7 Å². The molecule has 8 heteroatoms. The summed E-state index contributed by atoms with van der Waals surface area (Å²) in [5.41, 5.74) is 0.764. The van der Waals surface area contributed by atoms with Crippen LogP contribution < -0.4 is 0 Å². The molecule has 0 aliphatic carbocycles. The van der Waals surface area contributed by atoms with Gasteiger partial charge in [0.15, 0.2) is 16.8 Å². The molecule has 0 spiro atoms. The summed E-state index contributed by atoms with van der Waals surface area (Å²) < 4.78 is 28.1. The fourth-order valence-electron chi connectivity index (χ4n) is 1.87. The number of nitrogens with zero attached hydrogens (tertiary/aromatic N) is 4. The number of benzene rings is 1. The first kappa shape index (κ1) is 14.9. The van der Waals surface area contributed by atoms with E-state index < -0.39 is 5.82 Å². The van der Waals surface area contributed by atoms with Gasteiger partial charge in [0, 0.05) is 11.6 Å². The lowest BCUT2D eigenvalue weighted by molar-refractivity contribution is 0.585. The molecular formula is C14H8Cl2F2N4. The van der Waals surface area contributed by atoms with Gasteiger partial charge in [-0.25, -0.2) is 23.4 Å². The molecule has 0 N–H and O–H groups in total. The second kappa shape index (κ2) is 5.98. The van der Waals surface area contributed by atoms with E-state index in [0.717, 1.165) is 6.20 Å². The van der Waals surface area contributed by atoms with Crippen LogP contribution in [0.4, 0.5) is 8.78 Å². The van der Waals surface area contributed by atoms with Crippen LogP contribution in [0.3, 0.4) is 0 Å². The van der Waals surface area contributed by atoms with Crippen molar-refractivity contribution in [1.29, 1.82) is 0 Å². The number of aromatic nitrogens is 4. The highest BCUT2D eigenvalue weighted by molar-refractivity contribution is 6.30. The van der Waals surface area contributed by atoms with Crippen molar-refractivity contribution in [1.82, 2.24) is 19.7 Å². The maximum absolute atomic E-state index is 13.7. The van der Waals surface area contributed by atoms with Crippen molar-refractivity contribution >= 4 is 23.2 Å². The summed E-state index contributed by atoms with van der Waals surface area (Å²) in [6, 6.07) is 7.82. The topological polar surface area (TPSA) is 43.6 Å². The zero-order valence-electron chi connectivity index (χ0n) is 11.0. The molecule has 0 fully saturated rings. The van der Waals surface area contributed by atoms with Crippen molar-refractivity contribution in [2.24, 2.45) is 0 Å². The van der Waals surface area contributed by atoms with Crippen LogP contribution in [0.1, 0.15) is 5.56 Å². The summed E-state index contributed by atoms with van der Waals surface area (Å²) >= 11 is 11.7. The highest BCUT2D eigenvalue weighted by Gasteiger charge is 2.13. The lowest BCUT2D eigenvalue weighted by Crippen LogP contribution is -2.04. The van der Waals surface area contributed by atoms with Gasteiger partial charge in [-0.1, -0.05) is 41.4 Å². The molecule has 4 nitrogen and oxygen atoms in total. The van der Waals surface area contributed by atoms with Crippen LogP contribution in [-0.4, -0.2) is 19.7 Å². The maximum atomic E-state index is 13.7. The van der Waals surface area contributed by atoms with Crippen LogP contribution in [0.5, 0.6) is 0 Å². The van der Waals surface area contributed by atoms with E-state index in [0.29, 0.717) is 11.3 Å². The van der Waals surface area contributed by atoms with Gasteiger partial charge in [0.25, 0.3) is 0 Å². The average molecular weight is 341 g/mol. The first-order chi connectivity index (χ1) is 10.5. The predicted octanol–water partition coefficient (Wildman–Crippen LogP) is 3.97. The van der Waals surface area contributed by atoms with E-state index in [9.17, 15) is 8.78 Å². The van der Waals surface area contributed by atoms with Crippen molar-refractivity contribution in [3.63, 3.8) is 0 Å². The molecule has 0 aliphatic heterocycles. The van der Waals surface area contributed by atoms with Crippen molar-refractivity contribution in [3.05, 3.63) is 64.0 Å². The first-order valence-corrected chi connectivity index (χ1v) is 6.95. The van der Waals surface area contributed by atoms with E-state index in [1.807, 2.05) is 0 Å². The second-order valence-corrected chi connectivity index (χ2v) is 5.18. The smallest absolute Gasteiger partial charge is 0.181 e. The monoisotopic (exact) mass is 340 g/mol. The van der Waals surface area contributed by atoms with E-state index in [-0.39, 0.29) is 28.5 Å². The lowest BCUT2D eigenvalue weighted by Gasteiger charge is -2.04. The highest BCUT2D eigenvalue weighted by atomic mass is 35.5. The minimum absolute atomic E-state index is 0.139. The Bertz CT molecular complexity index is 835. The Labute approximate surface area is 134 Å². The highest BCUT2D eigenvalue weighted by Crippen LogP contribution is 2.22. The maximum Gasteiger partial charge on any atom is 0.181 e. The number of hydrogen-bond donors (Lipinski definition) is 0. The second-order valence-electron chi connectivity index (χ2n) is 4.43.